The monoisotopic (exact) mass is 323 g/mol. The Morgan fingerprint density at radius 3 is 2.87 bits per heavy atom. The second kappa shape index (κ2) is 7.29. The van der Waals surface area contributed by atoms with Crippen molar-refractivity contribution < 1.29 is 9.53 Å². The van der Waals surface area contributed by atoms with Gasteiger partial charge in [0.1, 0.15) is 5.60 Å². The molecule has 1 aromatic rings. The van der Waals surface area contributed by atoms with Crippen LogP contribution in [0.25, 0.3) is 0 Å². The molecule has 7 heteroatoms. The number of likely N-dealkylation sites (tertiary alicyclic amines) is 1. The van der Waals surface area contributed by atoms with Crippen LogP contribution >= 0.6 is 0 Å². The lowest BCUT2D eigenvalue weighted by Gasteiger charge is -2.26. The fourth-order valence-corrected chi connectivity index (χ4v) is 3.07. The van der Waals surface area contributed by atoms with Crippen LogP contribution in [0, 0.1) is 5.92 Å². The predicted molar refractivity (Wildman–Crippen MR) is 88.0 cm³/mol. The van der Waals surface area contributed by atoms with Gasteiger partial charge in [-0.1, -0.05) is 12.1 Å². The smallest absolute Gasteiger partial charge is 0.410 e. The zero-order chi connectivity index (χ0) is 17.0. The number of carbonyl (C=O) groups is 1. The predicted octanol–water partition coefficient (Wildman–Crippen LogP) is 2.21. The summed E-state index contributed by atoms with van der Waals surface area (Å²) in [5.74, 6) is 0.335. The SMILES string of the molecule is CCCn1nncc1C(NC)C1CCN(C(=O)OC(C)(C)C)C1. The lowest BCUT2D eigenvalue weighted by atomic mass is 9.96. The van der Waals surface area contributed by atoms with E-state index >= 15 is 0 Å². The van der Waals surface area contributed by atoms with Crippen LogP contribution in [0.1, 0.15) is 52.3 Å². The summed E-state index contributed by atoms with van der Waals surface area (Å²) >= 11 is 0. The van der Waals surface area contributed by atoms with Gasteiger partial charge in [-0.25, -0.2) is 9.48 Å². The first kappa shape index (κ1) is 17.7. The second-order valence-electron chi connectivity index (χ2n) is 7.12. The molecule has 1 amide bonds. The Kier molecular flexibility index (Phi) is 5.62. The topological polar surface area (TPSA) is 72.3 Å². The Morgan fingerprint density at radius 1 is 1.52 bits per heavy atom. The van der Waals surface area contributed by atoms with Crippen molar-refractivity contribution in [1.82, 2.24) is 25.2 Å². The number of hydrogen-bond donors (Lipinski definition) is 1. The van der Waals surface area contributed by atoms with Crippen molar-refractivity contribution in [1.29, 1.82) is 0 Å². The second-order valence-corrected chi connectivity index (χ2v) is 7.12. The maximum absolute atomic E-state index is 12.2. The zero-order valence-electron chi connectivity index (χ0n) is 14.9. The molecule has 0 radical (unpaired) electrons. The summed E-state index contributed by atoms with van der Waals surface area (Å²) in [4.78, 5) is 14.0. The highest BCUT2D eigenvalue weighted by molar-refractivity contribution is 5.68. The van der Waals surface area contributed by atoms with Gasteiger partial charge in [0.05, 0.1) is 17.9 Å². The molecular weight excluding hydrogens is 294 g/mol. The van der Waals surface area contributed by atoms with Crippen LogP contribution in [0.5, 0.6) is 0 Å². The molecule has 1 fully saturated rings. The largest absolute Gasteiger partial charge is 0.444 e. The summed E-state index contributed by atoms with van der Waals surface area (Å²) in [5, 5.41) is 11.6. The van der Waals surface area contributed by atoms with Gasteiger partial charge < -0.3 is 15.0 Å². The molecule has 130 valence electrons. The van der Waals surface area contributed by atoms with Gasteiger partial charge in [0.15, 0.2) is 0 Å². The van der Waals surface area contributed by atoms with Crippen LogP contribution in [0.4, 0.5) is 4.79 Å². The molecule has 2 unspecified atom stereocenters. The van der Waals surface area contributed by atoms with E-state index in [0.29, 0.717) is 12.5 Å². The maximum Gasteiger partial charge on any atom is 0.410 e. The number of aromatic nitrogens is 3. The lowest BCUT2D eigenvalue weighted by Crippen LogP contribution is -2.36. The van der Waals surface area contributed by atoms with E-state index in [1.165, 1.54) is 0 Å². The number of ether oxygens (including phenoxy) is 1. The van der Waals surface area contributed by atoms with Gasteiger partial charge in [-0.05, 0) is 46.6 Å². The Balaban J connectivity index is 2.04. The minimum atomic E-state index is -0.457. The first-order valence-electron chi connectivity index (χ1n) is 8.39. The number of carbonyl (C=O) groups excluding carboxylic acids is 1. The molecule has 1 saturated heterocycles. The normalized spacial score (nSPS) is 19.9. The van der Waals surface area contributed by atoms with E-state index in [1.54, 1.807) is 4.90 Å². The summed E-state index contributed by atoms with van der Waals surface area (Å²) in [7, 11) is 1.95. The van der Waals surface area contributed by atoms with Crippen molar-refractivity contribution in [3.63, 3.8) is 0 Å². The minimum absolute atomic E-state index is 0.143. The molecule has 7 nitrogen and oxygen atoms in total. The van der Waals surface area contributed by atoms with E-state index in [1.807, 2.05) is 38.7 Å². The average Bonchev–Trinajstić information content (AvgIpc) is 3.09. The molecular formula is C16H29N5O2. The van der Waals surface area contributed by atoms with Gasteiger partial charge in [-0.2, -0.15) is 0 Å². The van der Waals surface area contributed by atoms with Gasteiger partial charge >= 0.3 is 6.09 Å². The number of amides is 1. The molecule has 0 aromatic carbocycles. The summed E-state index contributed by atoms with van der Waals surface area (Å²) in [6.07, 6.45) is 3.56. The van der Waals surface area contributed by atoms with Gasteiger partial charge in [0.25, 0.3) is 0 Å². The number of nitrogens with zero attached hydrogens (tertiary/aromatic N) is 4. The summed E-state index contributed by atoms with van der Waals surface area (Å²) in [6.45, 7) is 10.1. The Morgan fingerprint density at radius 2 is 2.26 bits per heavy atom. The molecule has 23 heavy (non-hydrogen) atoms. The Bertz CT molecular complexity index is 523. The summed E-state index contributed by atoms with van der Waals surface area (Å²) < 4.78 is 7.43. The van der Waals surface area contributed by atoms with E-state index in [-0.39, 0.29) is 12.1 Å². The first-order chi connectivity index (χ1) is 10.9. The number of nitrogens with one attached hydrogen (secondary N) is 1. The van der Waals surface area contributed by atoms with Crippen molar-refractivity contribution in [2.24, 2.45) is 5.92 Å². The fraction of sp³-hybridized carbons (Fsp3) is 0.812. The highest BCUT2D eigenvalue weighted by Crippen LogP contribution is 2.30. The van der Waals surface area contributed by atoms with Crippen molar-refractivity contribution in [3.05, 3.63) is 11.9 Å². The summed E-state index contributed by atoms with van der Waals surface area (Å²) in [5.41, 5.74) is 0.631. The molecule has 2 heterocycles. The number of aryl methyl sites for hydroxylation is 1. The fourth-order valence-electron chi connectivity index (χ4n) is 3.07. The molecule has 2 atom stereocenters. The third-order valence-corrected chi connectivity index (χ3v) is 4.06. The van der Waals surface area contributed by atoms with Gasteiger partial charge in [-0.15, -0.1) is 5.10 Å². The summed E-state index contributed by atoms with van der Waals surface area (Å²) in [6, 6.07) is 0.143. The van der Waals surface area contributed by atoms with E-state index in [4.69, 9.17) is 4.74 Å². The molecule has 0 aliphatic carbocycles. The molecule has 0 saturated carbocycles. The minimum Gasteiger partial charge on any atom is -0.444 e. The van der Waals surface area contributed by atoms with Crippen LogP contribution in [0.2, 0.25) is 0 Å². The number of rotatable bonds is 5. The van der Waals surface area contributed by atoms with Crippen molar-refractivity contribution in [2.45, 2.75) is 58.7 Å². The Labute approximate surface area is 138 Å². The van der Waals surface area contributed by atoms with Gasteiger partial charge in [0, 0.05) is 19.6 Å². The zero-order valence-corrected chi connectivity index (χ0v) is 14.9. The van der Waals surface area contributed by atoms with Crippen LogP contribution in [-0.2, 0) is 11.3 Å². The quantitative estimate of drug-likeness (QED) is 0.899. The first-order valence-corrected chi connectivity index (χ1v) is 8.39. The maximum atomic E-state index is 12.2. The molecule has 1 aliphatic heterocycles. The van der Waals surface area contributed by atoms with Gasteiger partial charge in [-0.3, -0.25) is 0 Å². The third kappa shape index (κ3) is 4.43. The van der Waals surface area contributed by atoms with Crippen molar-refractivity contribution in [3.8, 4) is 0 Å². The highest BCUT2D eigenvalue weighted by Gasteiger charge is 2.35. The highest BCUT2D eigenvalue weighted by atomic mass is 16.6. The standard InChI is InChI=1S/C16H29N5O2/c1-6-8-21-13(10-18-19-21)14(17-5)12-7-9-20(11-12)15(22)23-16(2,3)4/h10,12,14,17H,6-9,11H2,1-5H3. The van der Waals surface area contributed by atoms with Crippen molar-refractivity contribution >= 4 is 6.09 Å². The molecule has 1 aromatic heterocycles. The Hall–Kier alpha value is -1.63. The van der Waals surface area contributed by atoms with E-state index in [0.717, 1.165) is 31.6 Å². The average molecular weight is 323 g/mol. The third-order valence-electron chi connectivity index (χ3n) is 4.06. The van der Waals surface area contributed by atoms with Gasteiger partial charge in [0.2, 0.25) is 0 Å². The van der Waals surface area contributed by atoms with E-state index < -0.39 is 5.60 Å². The van der Waals surface area contributed by atoms with Crippen LogP contribution in [0.3, 0.4) is 0 Å². The van der Waals surface area contributed by atoms with E-state index in [9.17, 15) is 4.79 Å². The van der Waals surface area contributed by atoms with Crippen LogP contribution < -0.4 is 5.32 Å². The number of hydrogen-bond acceptors (Lipinski definition) is 5. The van der Waals surface area contributed by atoms with Crippen molar-refractivity contribution in [2.75, 3.05) is 20.1 Å². The molecule has 0 spiro atoms. The lowest BCUT2D eigenvalue weighted by molar-refractivity contribution is 0.0285. The molecule has 0 bridgehead atoms. The van der Waals surface area contributed by atoms with E-state index in [2.05, 4.69) is 22.6 Å². The molecule has 1 N–H and O–H groups in total. The van der Waals surface area contributed by atoms with Crippen LogP contribution in [0.15, 0.2) is 6.20 Å². The molecule has 2 rings (SSSR count). The molecule has 1 aliphatic rings. The van der Waals surface area contributed by atoms with Crippen LogP contribution in [-0.4, -0.2) is 51.7 Å².